The second-order valence-electron chi connectivity index (χ2n) is 5.31. The Morgan fingerprint density at radius 2 is 1.50 bits per heavy atom. The fraction of sp³-hybridized carbons (Fsp3) is 0.294. The molecule has 0 heterocycles. The first kappa shape index (κ1) is 11.5. The van der Waals surface area contributed by atoms with E-state index < -0.39 is 0 Å². The van der Waals surface area contributed by atoms with Crippen LogP contribution in [0.1, 0.15) is 25.0 Å². The molecule has 0 amide bonds. The fourth-order valence-corrected chi connectivity index (χ4v) is 2.54. The summed E-state index contributed by atoms with van der Waals surface area (Å²) < 4.78 is 0. The van der Waals surface area contributed by atoms with Crippen LogP contribution < -0.4 is 0 Å². The van der Waals surface area contributed by atoms with Gasteiger partial charge < -0.3 is 5.11 Å². The Labute approximate surface area is 108 Å². The van der Waals surface area contributed by atoms with Gasteiger partial charge in [0.05, 0.1) is 6.10 Å². The van der Waals surface area contributed by atoms with Gasteiger partial charge in [-0.15, -0.1) is 0 Å². The molecule has 0 radical (unpaired) electrons. The third kappa shape index (κ3) is 2.19. The van der Waals surface area contributed by atoms with Crippen molar-refractivity contribution in [2.45, 2.75) is 19.4 Å². The van der Waals surface area contributed by atoms with Crippen molar-refractivity contribution >= 4 is 0 Å². The Kier molecular flexibility index (Phi) is 2.92. The van der Waals surface area contributed by atoms with Crippen LogP contribution >= 0.6 is 0 Å². The van der Waals surface area contributed by atoms with Crippen LogP contribution in [0.25, 0.3) is 11.1 Å². The van der Waals surface area contributed by atoms with Crippen molar-refractivity contribution in [2.75, 3.05) is 0 Å². The molecule has 0 bridgehead atoms. The highest BCUT2D eigenvalue weighted by molar-refractivity contribution is 5.63. The highest BCUT2D eigenvalue weighted by atomic mass is 16.3. The average molecular weight is 238 g/mol. The number of hydrogen-bond donors (Lipinski definition) is 1. The predicted molar refractivity (Wildman–Crippen MR) is 74.1 cm³/mol. The zero-order valence-corrected chi connectivity index (χ0v) is 10.6. The molecule has 1 saturated carbocycles. The Balaban J connectivity index is 1.81. The quantitative estimate of drug-likeness (QED) is 0.855. The summed E-state index contributed by atoms with van der Waals surface area (Å²) in [6, 6.07) is 18.6. The Morgan fingerprint density at radius 1 is 0.944 bits per heavy atom. The molecule has 1 heteroatoms. The summed E-state index contributed by atoms with van der Waals surface area (Å²) in [5, 5.41) is 10.2. The summed E-state index contributed by atoms with van der Waals surface area (Å²) in [7, 11) is 0. The minimum absolute atomic E-state index is 0.287. The summed E-state index contributed by atoms with van der Waals surface area (Å²) >= 11 is 0. The molecular weight excluding hydrogens is 220 g/mol. The summed E-state index contributed by atoms with van der Waals surface area (Å²) in [6.07, 6.45) is 0.867. The Bertz CT molecular complexity index is 515. The van der Waals surface area contributed by atoms with Crippen LogP contribution in [0, 0.1) is 11.8 Å². The van der Waals surface area contributed by atoms with Crippen molar-refractivity contribution in [3.05, 3.63) is 60.2 Å². The topological polar surface area (TPSA) is 20.2 Å². The van der Waals surface area contributed by atoms with Crippen molar-refractivity contribution in [2.24, 2.45) is 11.8 Å². The van der Waals surface area contributed by atoms with Gasteiger partial charge in [-0.1, -0.05) is 61.5 Å². The molecule has 3 rings (SSSR count). The smallest absolute Gasteiger partial charge is 0.0820 e. The fourth-order valence-electron chi connectivity index (χ4n) is 2.54. The monoisotopic (exact) mass is 238 g/mol. The van der Waals surface area contributed by atoms with E-state index >= 15 is 0 Å². The van der Waals surface area contributed by atoms with Crippen LogP contribution in [0.5, 0.6) is 0 Å². The first-order chi connectivity index (χ1) is 8.75. The maximum Gasteiger partial charge on any atom is 0.0820 e. The van der Waals surface area contributed by atoms with Crippen LogP contribution in [-0.2, 0) is 0 Å². The second-order valence-corrected chi connectivity index (χ2v) is 5.31. The predicted octanol–water partition coefficient (Wildman–Crippen LogP) is 4.04. The van der Waals surface area contributed by atoms with Gasteiger partial charge in [0.15, 0.2) is 0 Å². The molecule has 3 atom stereocenters. The maximum absolute atomic E-state index is 10.2. The van der Waals surface area contributed by atoms with Crippen LogP contribution in [0.15, 0.2) is 54.6 Å². The van der Waals surface area contributed by atoms with Gasteiger partial charge in [-0.25, -0.2) is 0 Å². The number of benzene rings is 2. The number of aliphatic hydroxyl groups is 1. The molecule has 1 N–H and O–H groups in total. The largest absolute Gasteiger partial charge is 0.388 e. The maximum atomic E-state index is 10.2. The van der Waals surface area contributed by atoms with E-state index in [-0.39, 0.29) is 6.10 Å². The number of aliphatic hydroxyl groups excluding tert-OH is 1. The SMILES string of the molecule is CC1CC1C(O)c1ccc(-c2ccccc2)cc1. The molecule has 92 valence electrons. The van der Waals surface area contributed by atoms with Crippen LogP contribution in [0.2, 0.25) is 0 Å². The Hall–Kier alpha value is -1.60. The third-order valence-corrected chi connectivity index (χ3v) is 3.94. The van der Waals surface area contributed by atoms with Crippen molar-refractivity contribution < 1.29 is 5.11 Å². The molecule has 2 aromatic rings. The zero-order valence-electron chi connectivity index (χ0n) is 10.6. The van der Waals surface area contributed by atoms with Crippen LogP contribution in [-0.4, -0.2) is 5.11 Å². The molecule has 0 spiro atoms. The van der Waals surface area contributed by atoms with E-state index in [4.69, 9.17) is 0 Å². The van der Waals surface area contributed by atoms with Gasteiger partial charge in [0, 0.05) is 0 Å². The van der Waals surface area contributed by atoms with Crippen molar-refractivity contribution in [3.63, 3.8) is 0 Å². The molecule has 18 heavy (non-hydrogen) atoms. The first-order valence-electron chi connectivity index (χ1n) is 6.59. The molecule has 1 fully saturated rings. The van der Waals surface area contributed by atoms with E-state index in [0.717, 1.165) is 12.0 Å². The lowest BCUT2D eigenvalue weighted by molar-refractivity contribution is 0.148. The number of rotatable bonds is 3. The normalized spacial score (nSPS) is 23.7. The zero-order chi connectivity index (χ0) is 12.5. The summed E-state index contributed by atoms with van der Waals surface area (Å²) in [5.74, 6) is 1.14. The lowest BCUT2D eigenvalue weighted by Crippen LogP contribution is -2.00. The summed E-state index contributed by atoms with van der Waals surface area (Å²) in [6.45, 7) is 2.20. The van der Waals surface area contributed by atoms with Gasteiger partial charge in [0.2, 0.25) is 0 Å². The molecule has 1 aliphatic carbocycles. The van der Waals surface area contributed by atoms with E-state index in [1.54, 1.807) is 0 Å². The molecule has 1 aliphatic rings. The molecule has 0 saturated heterocycles. The lowest BCUT2D eigenvalue weighted by atomic mass is 9.99. The molecule has 3 unspecified atom stereocenters. The number of hydrogen-bond acceptors (Lipinski definition) is 1. The van der Waals surface area contributed by atoms with Crippen molar-refractivity contribution in [1.82, 2.24) is 0 Å². The van der Waals surface area contributed by atoms with Crippen molar-refractivity contribution in [1.29, 1.82) is 0 Å². The van der Waals surface area contributed by atoms with E-state index in [1.165, 1.54) is 11.1 Å². The van der Waals surface area contributed by atoms with Gasteiger partial charge >= 0.3 is 0 Å². The lowest BCUT2D eigenvalue weighted by Gasteiger charge is -2.11. The summed E-state index contributed by atoms with van der Waals surface area (Å²) in [4.78, 5) is 0. The third-order valence-electron chi connectivity index (χ3n) is 3.94. The van der Waals surface area contributed by atoms with Gasteiger partial charge in [0.1, 0.15) is 0 Å². The highest BCUT2D eigenvalue weighted by Gasteiger charge is 2.39. The minimum Gasteiger partial charge on any atom is -0.388 e. The molecular formula is C17H18O. The molecule has 0 aromatic heterocycles. The van der Waals surface area contributed by atoms with E-state index in [1.807, 2.05) is 18.2 Å². The van der Waals surface area contributed by atoms with Crippen LogP contribution in [0.4, 0.5) is 0 Å². The van der Waals surface area contributed by atoms with E-state index in [0.29, 0.717) is 11.8 Å². The first-order valence-corrected chi connectivity index (χ1v) is 6.59. The second kappa shape index (κ2) is 4.58. The van der Waals surface area contributed by atoms with Gasteiger partial charge in [-0.3, -0.25) is 0 Å². The average Bonchev–Trinajstić information content (AvgIpc) is 3.16. The Morgan fingerprint density at radius 3 is 2.06 bits per heavy atom. The van der Waals surface area contributed by atoms with Crippen LogP contribution in [0.3, 0.4) is 0 Å². The molecule has 2 aromatic carbocycles. The van der Waals surface area contributed by atoms with Crippen molar-refractivity contribution in [3.8, 4) is 11.1 Å². The minimum atomic E-state index is -0.287. The standard InChI is InChI=1S/C17H18O/c1-12-11-16(12)17(18)15-9-7-14(8-10-15)13-5-3-2-4-6-13/h2-10,12,16-18H,11H2,1H3. The summed E-state index contributed by atoms with van der Waals surface area (Å²) in [5.41, 5.74) is 3.47. The van der Waals surface area contributed by atoms with E-state index in [9.17, 15) is 5.11 Å². The van der Waals surface area contributed by atoms with Gasteiger partial charge in [0.25, 0.3) is 0 Å². The van der Waals surface area contributed by atoms with Gasteiger partial charge in [-0.2, -0.15) is 0 Å². The molecule has 0 aliphatic heterocycles. The molecule has 1 nitrogen and oxygen atoms in total. The van der Waals surface area contributed by atoms with E-state index in [2.05, 4.69) is 43.3 Å². The van der Waals surface area contributed by atoms with Gasteiger partial charge in [-0.05, 0) is 34.9 Å². The highest BCUT2D eigenvalue weighted by Crippen LogP contribution is 2.46.